The van der Waals surface area contributed by atoms with E-state index in [1.807, 2.05) is 6.92 Å². The summed E-state index contributed by atoms with van der Waals surface area (Å²) in [7, 11) is 0. The second-order valence-corrected chi connectivity index (χ2v) is 4.93. The van der Waals surface area contributed by atoms with Gasteiger partial charge < -0.3 is 15.8 Å². The second kappa shape index (κ2) is 6.17. The van der Waals surface area contributed by atoms with Crippen LogP contribution < -0.4 is 11.1 Å². The smallest absolute Gasteiger partial charge is 0.251 e. The number of anilines is 1. The minimum Gasteiger partial charge on any atom is -0.394 e. The number of carbonyl (C=O) groups excluding carboxylic acids is 1. The maximum atomic E-state index is 13.3. The average Bonchev–Trinajstić information content (AvgIpc) is 2.89. The summed E-state index contributed by atoms with van der Waals surface area (Å²) in [6.07, 6.45) is 1.89. The minimum atomic E-state index is -0.925. The maximum absolute atomic E-state index is 13.3. The fraction of sp³-hybridized carbons (Fsp3) is 0.500. The Morgan fingerprint density at radius 1 is 1.45 bits per heavy atom. The minimum absolute atomic E-state index is 0.0684. The Morgan fingerprint density at radius 3 is 2.70 bits per heavy atom. The van der Waals surface area contributed by atoms with E-state index in [9.17, 15) is 13.6 Å². The van der Waals surface area contributed by atoms with Gasteiger partial charge in [0.05, 0.1) is 6.10 Å². The van der Waals surface area contributed by atoms with Crippen LogP contribution in [0.4, 0.5) is 14.5 Å². The summed E-state index contributed by atoms with van der Waals surface area (Å²) in [5.74, 6) is -2.12. The fourth-order valence-corrected chi connectivity index (χ4v) is 2.42. The number of ether oxygens (including phenoxy) is 1. The summed E-state index contributed by atoms with van der Waals surface area (Å²) in [5, 5.41) is 2.69. The average molecular weight is 284 g/mol. The van der Waals surface area contributed by atoms with Crippen LogP contribution in [0.3, 0.4) is 0 Å². The van der Waals surface area contributed by atoms with Crippen molar-refractivity contribution in [3.05, 3.63) is 29.3 Å². The third kappa shape index (κ3) is 3.07. The molecule has 2 rings (SSSR count). The van der Waals surface area contributed by atoms with Crippen molar-refractivity contribution in [3.8, 4) is 0 Å². The maximum Gasteiger partial charge on any atom is 0.251 e. The molecule has 6 heteroatoms. The van der Waals surface area contributed by atoms with Crippen LogP contribution >= 0.6 is 0 Å². The van der Waals surface area contributed by atoms with Crippen molar-refractivity contribution in [3.63, 3.8) is 0 Å². The van der Waals surface area contributed by atoms with Crippen LogP contribution in [-0.4, -0.2) is 25.2 Å². The SMILES string of the molecule is CCC1OCCC1CNC(=O)c1cc(F)c(N)c(F)c1. The number of rotatable bonds is 4. The highest BCUT2D eigenvalue weighted by molar-refractivity contribution is 5.94. The van der Waals surface area contributed by atoms with Crippen molar-refractivity contribution in [2.24, 2.45) is 5.92 Å². The lowest BCUT2D eigenvalue weighted by molar-refractivity contribution is 0.0826. The van der Waals surface area contributed by atoms with Crippen LogP contribution in [-0.2, 0) is 4.74 Å². The molecule has 1 heterocycles. The van der Waals surface area contributed by atoms with Crippen LogP contribution in [0.25, 0.3) is 0 Å². The zero-order valence-corrected chi connectivity index (χ0v) is 11.3. The van der Waals surface area contributed by atoms with E-state index in [0.717, 1.165) is 25.0 Å². The van der Waals surface area contributed by atoms with Gasteiger partial charge in [-0.2, -0.15) is 0 Å². The van der Waals surface area contributed by atoms with Gasteiger partial charge in [-0.15, -0.1) is 0 Å². The van der Waals surface area contributed by atoms with E-state index in [2.05, 4.69) is 5.32 Å². The van der Waals surface area contributed by atoms with Crippen LogP contribution in [0.2, 0.25) is 0 Å². The van der Waals surface area contributed by atoms with E-state index >= 15 is 0 Å². The molecule has 1 fully saturated rings. The molecule has 0 aliphatic carbocycles. The van der Waals surface area contributed by atoms with Crippen LogP contribution in [0.5, 0.6) is 0 Å². The van der Waals surface area contributed by atoms with Gasteiger partial charge in [-0.25, -0.2) is 8.78 Å². The van der Waals surface area contributed by atoms with E-state index in [-0.39, 0.29) is 17.6 Å². The first kappa shape index (κ1) is 14.7. The van der Waals surface area contributed by atoms with E-state index in [1.165, 1.54) is 0 Å². The molecule has 2 atom stereocenters. The molecule has 110 valence electrons. The van der Waals surface area contributed by atoms with Crippen molar-refractivity contribution in [2.45, 2.75) is 25.9 Å². The molecule has 1 aliphatic rings. The lowest BCUT2D eigenvalue weighted by atomic mass is 9.99. The van der Waals surface area contributed by atoms with E-state index in [1.54, 1.807) is 0 Å². The van der Waals surface area contributed by atoms with Gasteiger partial charge in [-0.3, -0.25) is 4.79 Å². The molecule has 0 spiro atoms. The van der Waals surface area contributed by atoms with Gasteiger partial charge in [0, 0.05) is 24.6 Å². The predicted octanol–water partition coefficient (Wildman–Crippen LogP) is 2.09. The Kier molecular flexibility index (Phi) is 4.54. The number of nitrogens with one attached hydrogen (secondary N) is 1. The summed E-state index contributed by atoms with van der Waals surface area (Å²) in [6.45, 7) is 3.14. The van der Waals surface area contributed by atoms with Crippen molar-refractivity contribution >= 4 is 11.6 Å². The van der Waals surface area contributed by atoms with Gasteiger partial charge in [-0.1, -0.05) is 6.92 Å². The normalized spacial score (nSPS) is 21.9. The molecule has 2 unspecified atom stereocenters. The van der Waals surface area contributed by atoms with Crippen molar-refractivity contribution in [1.82, 2.24) is 5.32 Å². The summed E-state index contributed by atoms with van der Waals surface area (Å²) < 4.78 is 32.1. The quantitative estimate of drug-likeness (QED) is 0.832. The van der Waals surface area contributed by atoms with Crippen LogP contribution in [0.1, 0.15) is 30.1 Å². The summed E-state index contributed by atoms with van der Waals surface area (Å²) in [5.41, 5.74) is 4.52. The van der Waals surface area contributed by atoms with Crippen molar-refractivity contribution < 1.29 is 18.3 Å². The first-order chi connectivity index (χ1) is 9.52. The van der Waals surface area contributed by atoms with Gasteiger partial charge in [0.1, 0.15) is 17.3 Å². The Labute approximate surface area is 116 Å². The molecule has 0 bridgehead atoms. The molecule has 1 amide bonds. The summed E-state index contributed by atoms with van der Waals surface area (Å²) in [4.78, 5) is 11.9. The highest BCUT2D eigenvalue weighted by Crippen LogP contribution is 2.23. The monoisotopic (exact) mass is 284 g/mol. The Bertz CT molecular complexity index is 485. The van der Waals surface area contributed by atoms with Gasteiger partial charge >= 0.3 is 0 Å². The molecule has 1 aromatic carbocycles. The zero-order valence-electron chi connectivity index (χ0n) is 11.3. The third-order valence-electron chi connectivity index (χ3n) is 3.61. The van der Waals surface area contributed by atoms with E-state index < -0.39 is 23.2 Å². The lowest BCUT2D eigenvalue weighted by Crippen LogP contribution is -2.32. The predicted molar refractivity (Wildman–Crippen MR) is 71.2 cm³/mol. The molecule has 0 saturated carbocycles. The van der Waals surface area contributed by atoms with Gasteiger partial charge in [-0.05, 0) is 25.0 Å². The summed E-state index contributed by atoms with van der Waals surface area (Å²) >= 11 is 0. The third-order valence-corrected chi connectivity index (χ3v) is 3.61. The Morgan fingerprint density at radius 2 is 2.10 bits per heavy atom. The number of carbonyl (C=O) groups is 1. The van der Waals surface area contributed by atoms with E-state index in [4.69, 9.17) is 10.5 Å². The summed E-state index contributed by atoms with van der Waals surface area (Å²) in [6, 6.07) is 1.88. The molecule has 1 aliphatic heterocycles. The second-order valence-electron chi connectivity index (χ2n) is 4.93. The van der Waals surface area contributed by atoms with Gasteiger partial charge in [0.15, 0.2) is 0 Å². The number of amides is 1. The highest BCUT2D eigenvalue weighted by atomic mass is 19.1. The van der Waals surface area contributed by atoms with Crippen LogP contribution in [0, 0.1) is 17.6 Å². The highest BCUT2D eigenvalue weighted by Gasteiger charge is 2.27. The molecule has 3 N–H and O–H groups in total. The zero-order chi connectivity index (χ0) is 14.7. The number of hydrogen-bond acceptors (Lipinski definition) is 3. The molecular weight excluding hydrogens is 266 g/mol. The number of hydrogen-bond donors (Lipinski definition) is 2. The molecular formula is C14H18F2N2O2. The van der Waals surface area contributed by atoms with Crippen molar-refractivity contribution in [1.29, 1.82) is 0 Å². The molecule has 0 radical (unpaired) electrons. The first-order valence-corrected chi connectivity index (χ1v) is 6.67. The van der Waals surface area contributed by atoms with Gasteiger partial charge in [0.2, 0.25) is 0 Å². The Balaban J connectivity index is 1.98. The Hall–Kier alpha value is -1.69. The number of nitrogen functional groups attached to an aromatic ring is 1. The van der Waals surface area contributed by atoms with Gasteiger partial charge in [0.25, 0.3) is 5.91 Å². The fourth-order valence-electron chi connectivity index (χ4n) is 2.42. The number of nitrogens with two attached hydrogens (primary N) is 1. The molecule has 20 heavy (non-hydrogen) atoms. The van der Waals surface area contributed by atoms with Crippen LogP contribution in [0.15, 0.2) is 12.1 Å². The molecule has 0 aromatic heterocycles. The molecule has 1 aromatic rings. The number of benzene rings is 1. The number of halogens is 2. The van der Waals surface area contributed by atoms with Crippen molar-refractivity contribution in [2.75, 3.05) is 18.9 Å². The standard InChI is InChI=1S/C14H18F2N2O2/c1-2-12-8(3-4-20-12)7-18-14(19)9-5-10(15)13(17)11(16)6-9/h5-6,8,12H,2-4,7,17H2,1H3,(H,18,19). The molecule has 1 saturated heterocycles. The topological polar surface area (TPSA) is 64.3 Å². The largest absolute Gasteiger partial charge is 0.394 e. The van der Waals surface area contributed by atoms with E-state index in [0.29, 0.717) is 13.2 Å². The lowest BCUT2D eigenvalue weighted by Gasteiger charge is -2.17. The molecule has 4 nitrogen and oxygen atoms in total. The first-order valence-electron chi connectivity index (χ1n) is 6.67.